The fourth-order valence-corrected chi connectivity index (χ4v) is 2.47. The number of amides is 2. The van der Waals surface area contributed by atoms with E-state index >= 15 is 0 Å². The van der Waals surface area contributed by atoms with E-state index in [0.717, 1.165) is 22.8 Å². The van der Waals surface area contributed by atoms with Gasteiger partial charge in [0.25, 0.3) is 5.91 Å². The predicted octanol–water partition coefficient (Wildman–Crippen LogP) is 1.71. The molecule has 0 radical (unpaired) electrons. The fourth-order valence-electron chi connectivity index (χ4n) is 2.47. The van der Waals surface area contributed by atoms with Crippen molar-refractivity contribution in [3.63, 3.8) is 0 Å². The van der Waals surface area contributed by atoms with Gasteiger partial charge in [-0.3, -0.25) is 9.59 Å². The van der Waals surface area contributed by atoms with E-state index in [1.165, 1.54) is 0 Å². The van der Waals surface area contributed by atoms with Gasteiger partial charge in [-0.25, -0.2) is 0 Å². The van der Waals surface area contributed by atoms with Gasteiger partial charge in [0.1, 0.15) is 11.8 Å². The fraction of sp³-hybridized carbons (Fsp3) is 0.294. The van der Waals surface area contributed by atoms with Gasteiger partial charge in [-0.1, -0.05) is 0 Å². The number of carbonyl (C=O) groups is 2. The van der Waals surface area contributed by atoms with E-state index in [1.807, 2.05) is 42.7 Å². The molecular formula is C17H21N3O3. The van der Waals surface area contributed by atoms with E-state index in [4.69, 9.17) is 10.5 Å². The first-order valence-electron chi connectivity index (χ1n) is 7.28. The third-order valence-corrected chi connectivity index (χ3v) is 3.78. The van der Waals surface area contributed by atoms with Crippen molar-refractivity contribution in [3.8, 4) is 11.4 Å². The van der Waals surface area contributed by atoms with Crippen LogP contribution in [0, 0.1) is 13.8 Å². The lowest BCUT2D eigenvalue weighted by Crippen LogP contribution is -2.42. The summed E-state index contributed by atoms with van der Waals surface area (Å²) in [5.74, 6) is -0.115. The van der Waals surface area contributed by atoms with Crippen LogP contribution < -0.4 is 15.8 Å². The Labute approximate surface area is 135 Å². The lowest BCUT2D eigenvalue weighted by molar-refractivity contribution is -0.119. The first kappa shape index (κ1) is 16.6. The smallest absolute Gasteiger partial charge is 0.253 e. The van der Waals surface area contributed by atoms with Gasteiger partial charge in [-0.05, 0) is 51.1 Å². The van der Waals surface area contributed by atoms with Crippen LogP contribution in [0.3, 0.4) is 0 Å². The maximum absolute atomic E-state index is 12.3. The summed E-state index contributed by atoms with van der Waals surface area (Å²) in [4.78, 5) is 23.4. The molecule has 3 N–H and O–H groups in total. The highest BCUT2D eigenvalue weighted by Gasteiger charge is 2.19. The molecule has 0 saturated heterocycles. The molecule has 122 valence electrons. The summed E-state index contributed by atoms with van der Waals surface area (Å²) in [7, 11) is 1.61. The summed E-state index contributed by atoms with van der Waals surface area (Å²) >= 11 is 0. The Morgan fingerprint density at radius 1 is 1.22 bits per heavy atom. The van der Waals surface area contributed by atoms with Crippen LogP contribution in [0.2, 0.25) is 0 Å². The molecule has 1 aromatic carbocycles. The largest absolute Gasteiger partial charge is 0.497 e. The van der Waals surface area contributed by atoms with Crippen molar-refractivity contribution >= 4 is 11.8 Å². The van der Waals surface area contributed by atoms with E-state index in [0.29, 0.717) is 5.56 Å². The molecule has 0 aliphatic carbocycles. The van der Waals surface area contributed by atoms with Gasteiger partial charge in [0.15, 0.2) is 0 Å². The standard InChI is InChI=1S/C17H21N3O3/c1-10-9-15(17(22)19-11(2)16(18)21)12(3)20(10)13-5-7-14(23-4)8-6-13/h5-9,11H,1-4H3,(H2,18,21)(H,19,22). The van der Waals surface area contributed by atoms with Crippen LogP contribution in [0.15, 0.2) is 30.3 Å². The van der Waals surface area contributed by atoms with E-state index in [2.05, 4.69) is 5.32 Å². The van der Waals surface area contributed by atoms with Crippen molar-refractivity contribution in [3.05, 3.63) is 47.3 Å². The van der Waals surface area contributed by atoms with E-state index in [1.54, 1.807) is 20.1 Å². The zero-order valence-electron chi connectivity index (χ0n) is 13.7. The summed E-state index contributed by atoms with van der Waals surface area (Å²) in [5, 5.41) is 2.60. The average Bonchev–Trinajstić information content (AvgIpc) is 2.82. The van der Waals surface area contributed by atoms with E-state index < -0.39 is 11.9 Å². The number of methoxy groups -OCH3 is 1. The van der Waals surface area contributed by atoms with Crippen LogP contribution in [0.1, 0.15) is 28.7 Å². The minimum absolute atomic E-state index is 0.316. The summed E-state index contributed by atoms with van der Waals surface area (Å²) in [6.07, 6.45) is 0. The maximum atomic E-state index is 12.3. The van der Waals surface area contributed by atoms with Gasteiger partial charge in [-0.2, -0.15) is 0 Å². The molecule has 2 amide bonds. The second kappa shape index (κ2) is 6.56. The minimum atomic E-state index is -0.716. The van der Waals surface area contributed by atoms with Crippen LogP contribution >= 0.6 is 0 Å². The molecule has 0 bridgehead atoms. The van der Waals surface area contributed by atoms with Gasteiger partial charge in [0, 0.05) is 17.1 Å². The number of nitrogens with two attached hydrogens (primary N) is 1. The summed E-state index contributed by atoms with van der Waals surface area (Å²) in [5.41, 5.74) is 8.35. The lowest BCUT2D eigenvalue weighted by atomic mass is 10.2. The van der Waals surface area contributed by atoms with Crippen molar-refractivity contribution in [1.29, 1.82) is 0 Å². The minimum Gasteiger partial charge on any atom is -0.497 e. The molecule has 6 nitrogen and oxygen atoms in total. The van der Waals surface area contributed by atoms with Gasteiger partial charge < -0.3 is 20.4 Å². The van der Waals surface area contributed by atoms with Crippen LogP contribution in [0.4, 0.5) is 0 Å². The number of ether oxygens (including phenoxy) is 1. The number of primary amides is 1. The third kappa shape index (κ3) is 3.36. The zero-order chi connectivity index (χ0) is 17.1. The molecule has 2 aromatic rings. The Kier molecular flexibility index (Phi) is 4.74. The highest BCUT2D eigenvalue weighted by atomic mass is 16.5. The average molecular weight is 315 g/mol. The maximum Gasteiger partial charge on any atom is 0.253 e. The number of aromatic nitrogens is 1. The number of hydrogen-bond donors (Lipinski definition) is 2. The summed E-state index contributed by atoms with van der Waals surface area (Å²) in [6.45, 7) is 5.34. The summed E-state index contributed by atoms with van der Waals surface area (Å²) < 4.78 is 7.13. The second-order valence-corrected chi connectivity index (χ2v) is 5.42. The quantitative estimate of drug-likeness (QED) is 0.880. The topological polar surface area (TPSA) is 86.3 Å². The Hall–Kier alpha value is -2.76. The van der Waals surface area contributed by atoms with Gasteiger partial charge in [0.05, 0.1) is 12.7 Å². The Morgan fingerprint density at radius 2 is 1.83 bits per heavy atom. The molecule has 1 atom stereocenters. The number of nitrogens with one attached hydrogen (secondary N) is 1. The van der Waals surface area contributed by atoms with E-state index in [-0.39, 0.29) is 5.91 Å². The van der Waals surface area contributed by atoms with Crippen molar-refractivity contribution in [2.24, 2.45) is 5.73 Å². The monoisotopic (exact) mass is 315 g/mol. The highest BCUT2D eigenvalue weighted by Crippen LogP contribution is 2.22. The SMILES string of the molecule is COc1ccc(-n2c(C)cc(C(=O)NC(C)C(N)=O)c2C)cc1. The van der Waals surface area contributed by atoms with Crippen molar-refractivity contribution in [2.75, 3.05) is 7.11 Å². The van der Waals surface area contributed by atoms with Crippen molar-refractivity contribution in [1.82, 2.24) is 9.88 Å². The number of benzene rings is 1. The lowest BCUT2D eigenvalue weighted by Gasteiger charge is -2.12. The van der Waals surface area contributed by atoms with Crippen molar-refractivity contribution in [2.45, 2.75) is 26.8 Å². The molecule has 1 aromatic heterocycles. The molecule has 1 unspecified atom stereocenters. The third-order valence-electron chi connectivity index (χ3n) is 3.78. The predicted molar refractivity (Wildman–Crippen MR) is 87.9 cm³/mol. The van der Waals surface area contributed by atoms with Crippen LogP contribution in [0.5, 0.6) is 5.75 Å². The highest BCUT2D eigenvalue weighted by molar-refractivity contribution is 5.98. The Balaban J connectivity index is 2.35. The first-order chi connectivity index (χ1) is 10.8. The molecule has 0 saturated carbocycles. The number of nitrogens with zero attached hydrogens (tertiary/aromatic N) is 1. The van der Waals surface area contributed by atoms with Crippen LogP contribution in [0.25, 0.3) is 5.69 Å². The Bertz CT molecular complexity index is 732. The number of carbonyl (C=O) groups excluding carboxylic acids is 2. The molecular weight excluding hydrogens is 294 g/mol. The van der Waals surface area contributed by atoms with Gasteiger partial charge in [0.2, 0.25) is 5.91 Å². The van der Waals surface area contributed by atoms with Crippen LogP contribution in [-0.4, -0.2) is 29.5 Å². The molecule has 0 spiro atoms. The molecule has 0 fully saturated rings. The normalized spacial score (nSPS) is 11.8. The van der Waals surface area contributed by atoms with E-state index in [9.17, 15) is 9.59 Å². The Morgan fingerprint density at radius 3 is 2.35 bits per heavy atom. The van der Waals surface area contributed by atoms with Crippen molar-refractivity contribution < 1.29 is 14.3 Å². The molecule has 0 aliphatic heterocycles. The second-order valence-electron chi connectivity index (χ2n) is 5.42. The molecule has 0 aliphatic rings. The zero-order valence-corrected chi connectivity index (χ0v) is 13.7. The molecule has 1 heterocycles. The molecule has 6 heteroatoms. The van der Waals surface area contributed by atoms with Gasteiger partial charge in [-0.15, -0.1) is 0 Å². The molecule has 23 heavy (non-hydrogen) atoms. The first-order valence-corrected chi connectivity index (χ1v) is 7.28. The summed E-state index contributed by atoms with van der Waals surface area (Å²) in [6, 6.07) is 8.65. The number of hydrogen-bond acceptors (Lipinski definition) is 3. The number of aryl methyl sites for hydroxylation is 1. The van der Waals surface area contributed by atoms with Gasteiger partial charge >= 0.3 is 0 Å². The number of rotatable bonds is 5. The van der Waals surface area contributed by atoms with Crippen LogP contribution in [-0.2, 0) is 4.79 Å². The molecule has 2 rings (SSSR count).